The Morgan fingerprint density at radius 1 is 1.00 bits per heavy atom. The highest BCUT2D eigenvalue weighted by Gasteiger charge is 2.01. The molecule has 0 radical (unpaired) electrons. The van der Waals surface area contributed by atoms with Gasteiger partial charge >= 0.3 is 0 Å². The van der Waals surface area contributed by atoms with Crippen LogP contribution >= 0.6 is 15.9 Å². The van der Waals surface area contributed by atoms with Crippen molar-refractivity contribution in [2.45, 2.75) is 19.3 Å². The van der Waals surface area contributed by atoms with Gasteiger partial charge in [-0.3, -0.25) is 0 Å². The molecule has 0 bridgehead atoms. The van der Waals surface area contributed by atoms with Crippen molar-refractivity contribution >= 4 is 15.9 Å². The second-order valence-electron chi connectivity index (χ2n) is 4.37. The molecule has 2 rings (SSSR count). The van der Waals surface area contributed by atoms with E-state index in [-0.39, 0.29) is 5.82 Å². The topological polar surface area (TPSA) is 9.23 Å². The van der Waals surface area contributed by atoms with Crippen LogP contribution in [0.25, 0.3) is 0 Å². The lowest BCUT2D eigenvalue weighted by atomic mass is 10.1. The van der Waals surface area contributed by atoms with Gasteiger partial charge < -0.3 is 4.74 Å². The van der Waals surface area contributed by atoms with Gasteiger partial charge in [0.15, 0.2) is 0 Å². The number of hydrogen-bond acceptors (Lipinski definition) is 1. The van der Waals surface area contributed by atoms with Gasteiger partial charge in [-0.05, 0) is 52.9 Å². The molecule has 0 fully saturated rings. The normalized spacial score (nSPS) is 10.4. The summed E-state index contributed by atoms with van der Waals surface area (Å²) in [5.74, 6) is 0.294. The van der Waals surface area contributed by atoms with Crippen molar-refractivity contribution < 1.29 is 9.13 Å². The molecule has 3 heteroatoms. The van der Waals surface area contributed by atoms with E-state index in [0.29, 0.717) is 16.8 Å². The van der Waals surface area contributed by atoms with Crippen LogP contribution in [0.2, 0.25) is 0 Å². The number of benzene rings is 2. The van der Waals surface area contributed by atoms with Crippen LogP contribution in [-0.2, 0) is 6.42 Å². The van der Waals surface area contributed by atoms with Gasteiger partial charge in [0, 0.05) is 6.07 Å². The lowest BCUT2D eigenvalue weighted by Gasteiger charge is -2.06. The van der Waals surface area contributed by atoms with Crippen LogP contribution in [0.5, 0.6) is 5.75 Å². The predicted octanol–water partition coefficient (Wildman–Crippen LogP) is 4.99. The number of halogens is 2. The molecule has 0 unspecified atom stereocenters. The SMILES string of the molecule is Fc1cc(OCCCCc2ccccc2)ccc1Br. The summed E-state index contributed by atoms with van der Waals surface area (Å²) >= 11 is 3.12. The molecule has 0 saturated heterocycles. The number of unbranched alkanes of at least 4 members (excludes halogenated alkanes) is 1. The van der Waals surface area contributed by atoms with Crippen molar-refractivity contribution in [3.63, 3.8) is 0 Å². The standard InChI is InChI=1S/C16H16BrFO/c17-15-10-9-14(12-16(15)18)19-11-5-4-8-13-6-2-1-3-7-13/h1-3,6-7,9-10,12H,4-5,8,11H2. The lowest BCUT2D eigenvalue weighted by Crippen LogP contribution is -1.98. The van der Waals surface area contributed by atoms with E-state index in [1.54, 1.807) is 12.1 Å². The first-order chi connectivity index (χ1) is 9.25. The molecule has 0 amide bonds. The van der Waals surface area contributed by atoms with Gasteiger partial charge in [0.1, 0.15) is 11.6 Å². The minimum absolute atomic E-state index is 0.290. The van der Waals surface area contributed by atoms with E-state index >= 15 is 0 Å². The molecule has 0 spiro atoms. The van der Waals surface area contributed by atoms with Crippen LogP contribution in [0.4, 0.5) is 4.39 Å². The zero-order valence-corrected chi connectivity index (χ0v) is 12.2. The Kier molecular flexibility index (Phi) is 5.40. The van der Waals surface area contributed by atoms with Gasteiger partial charge in [0.05, 0.1) is 11.1 Å². The van der Waals surface area contributed by atoms with Crippen molar-refractivity contribution in [1.82, 2.24) is 0 Å². The average Bonchev–Trinajstić information content (AvgIpc) is 2.43. The molecular weight excluding hydrogens is 307 g/mol. The minimum atomic E-state index is -0.290. The Labute approximate surface area is 121 Å². The summed E-state index contributed by atoms with van der Waals surface area (Å²) in [5, 5.41) is 0. The van der Waals surface area contributed by atoms with Crippen molar-refractivity contribution in [3.8, 4) is 5.75 Å². The number of ether oxygens (including phenoxy) is 1. The summed E-state index contributed by atoms with van der Waals surface area (Å²) < 4.78 is 19.2. The van der Waals surface area contributed by atoms with Gasteiger partial charge in [-0.25, -0.2) is 4.39 Å². The van der Waals surface area contributed by atoms with Gasteiger partial charge in [0.25, 0.3) is 0 Å². The van der Waals surface area contributed by atoms with Crippen LogP contribution in [0.1, 0.15) is 18.4 Å². The molecule has 1 nitrogen and oxygen atoms in total. The third-order valence-electron chi connectivity index (χ3n) is 2.86. The summed E-state index contributed by atoms with van der Waals surface area (Å²) in [4.78, 5) is 0. The Morgan fingerprint density at radius 3 is 2.53 bits per heavy atom. The quantitative estimate of drug-likeness (QED) is 0.681. The van der Waals surface area contributed by atoms with Gasteiger partial charge in [-0.1, -0.05) is 30.3 Å². The van der Waals surface area contributed by atoms with Crippen molar-refractivity contribution in [2.24, 2.45) is 0 Å². The van der Waals surface area contributed by atoms with Gasteiger partial charge in [0.2, 0.25) is 0 Å². The van der Waals surface area contributed by atoms with Crippen LogP contribution in [0.15, 0.2) is 53.0 Å². The highest BCUT2D eigenvalue weighted by atomic mass is 79.9. The zero-order chi connectivity index (χ0) is 13.5. The van der Waals surface area contributed by atoms with Gasteiger partial charge in [-0.2, -0.15) is 0 Å². The lowest BCUT2D eigenvalue weighted by molar-refractivity contribution is 0.305. The molecule has 0 heterocycles. The van der Waals surface area contributed by atoms with Crippen LogP contribution in [0.3, 0.4) is 0 Å². The molecule has 0 aliphatic rings. The molecule has 0 saturated carbocycles. The maximum absolute atomic E-state index is 13.2. The largest absolute Gasteiger partial charge is 0.493 e. The molecule has 0 aromatic heterocycles. The van der Waals surface area contributed by atoms with E-state index < -0.39 is 0 Å². The zero-order valence-electron chi connectivity index (χ0n) is 10.6. The second-order valence-corrected chi connectivity index (χ2v) is 5.22. The van der Waals surface area contributed by atoms with Gasteiger partial charge in [-0.15, -0.1) is 0 Å². The van der Waals surface area contributed by atoms with E-state index in [1.165, 1.54) is 11.6 Å². The summed E-state index contributed by atoms with van der Waals surface area (Å²) in [6.07, 6.45) is 3.09. The maximum Gasteiger partial charge on any atom is 0.141 e. The van der Waals surface area contributed by atoms with Crippen molar-refractivity contribution in [1.29, 1.82) is 0 Å². The Bertz CT molecular complexity index is 513. The van der Waals surface area contributed by atoms with E-state index in [0.717, 1.165) is 19.3 Å². The molecule has 2 aromatic rings. The molecular formula is C16H16BrFO. The second kappa shape index (κ2) is 7.29. The number of aryl methyl sites for hydroxylation is 1. The summed E-state index contributed by atoms with van der Waals surface area (Å²) in [6.45, 7) is 0.619. The van der Waals surface area contributed by atoms with E-state index in [2.05, 4.69) is 40.2 Å². The smallest absolute Gasteiger partial charge is 0.141 e. The van der Waals surface area contributed by atoms with E-state index in [1.807, 2.05) is 6.07 Å². The molecule has 19 heavy (non-hydrogen) atoms. The fourth-order valence-corrected chi connectivity index (χ4v) is 2.08. The summed E-state index contributed by atoms with van der Waals surface area (Å²) in [7, 11) is 0. The monoisotopic (exact) mass is 322 g/mol. The predicted molar refractivity (Wildman–Crippen MR) is 79.0 cm³/mol. The summed E-state index contributed by atoms with van der Waals surface area (Å²) in [6, 6.07) is 15.2. The highest BCUT2D eigenvalue weighted by molar-refractivity contribution is 9.10. The van der Waals surface area contributed by atoms with Crippen LogP contribution in [0, 0.1) is 5.82 Å². The van der Waals surface area contributed by atoms with Crippen LogP contribution in [-0.4, -0.2) is 6.61 Å². The third kappa shape index (κ3) is 4.67. The Balaban J connectivity index is 1.68. The third-order valence-corrected chi connectivity index (χ3v) is 3.51. The minimum Gasteiger partial charge on any atom is -0.493 e. The molecule has 100 valence electrons. The molecule has 0 N–H and O–H groups in total. The maximum atomic E-state index is 13.2. The molecule has 0 aliphatic carbocycles. The van der Waals surface area contributed by atoms with E-state index in [9.17, 15) is 4.39 Å². The highest BCUT2D eigenvalue weighted by Crippen LogP contribution is 2.21. The fourth-order valence-electron chi connectivity index (χ4n) is 1.83. The number of rotatable bonds is 6. The summed E-state index contributed by atoms with van der Waals surface area (Å²) in [5.41, 5.74) is 1.34. The Hall–Kier alpha value is -1.35. The number of hydrogen-bond donors (Lipinski definition) is 0. The molecule has 0 atom stereocenters. The Morgan fingerprint density at radius 2 is 1.79 bits per heavy atom. The fraction of sp³-hybridized carbons (Fsp3) is 0.250. The first-order valence-corrected chi connectivity index (χ1v) is 7.17. The first-order valence-electron chi connectivity index (χ1n) is 6.37. The van der Waals surface area contributed by atoms with E-state index in [4.69, 9.17) is 4.74 Å². The molecule has 2 aromatic carbocycles. The first kappa shape index (κ1) is 14.1. The molecule has 0 aliphatic heterocycles. The van der Waals surface area contributed by atoms with Crippen molar-refractivity contribution in [2.75, 3.05) is 6.61 Å². The van der Waals surface area contributed by atoms with Crippen molar-refractivity contribution in [3.05, 3.63) is 64.4 Å². The van der Waals surface area contributed by atoms with Crippen LogP contribution < -0.4 is 4.74 Å². The average molecular weight is 323 g/mol.